The average molecular weight is 589 g/mol. The van der Waals surface area contributed by atoms with Crippen LogP contribution in [-0.2, 0) is 0 Å². The number of hydrogen-bond donors (Lipinski definition) is 2. The molecular formula is C36H33FN4O3. The quantitative estimate of drug-likeness (QED) is 0.211. The number of carbonyl (C=O) groups is 1. The van der Waals surface area contributed by atoms with E-state index in [-0.39, 0.29) is 28.3 Å². The van der Waals surface area contributed by atoms with Crippen LogP contribution >= 0.6 is 0 Å². The second-order valence-electron chi connectivity index (χ2n) is 11.6. The van der Waals surface area contributed by atoms with Crippen molar-refractivity contribution < 1.29 is 13.9 Å². The Morgan fingerprint density at radius 1 is 1.07 bits per heavy atom. The normalized spacial score (nSPS) is 15.3. The van der Waals surface area contributed by atoms with E-state index in [0.29, 0.717) is 30.0 Å². The molecule has 0 spiro atoms. The Kier molecular flexibility index (Phi) is 7.04. The number of hydrogen-bond acceptors (Lipinski definition) is 5. The smallest absolute Gasteiger partial charge is 0.257 e. The third-order valence-corrected chi connectivity index (χ3v) is 8.71. The third kappa shape index (κ3) is 4.86. The fraction of sp³-hybridized carbons (Fsp3) is 0.222. The standard InChI is InChI=1S/C36H33FN4O3/c1-22(23-9-4-3-5-10-23)20-39-32-29(37)19-27-33-35(32)44-31-18-25-12-7-6-11-24(25)17-30(31)41(33)21-28(34(27)42)36(43)38-15-14-26-13-8-16-40(26)2/h3-7,9-12,14,17-19,21-22,39H,8,13,15-16,20H2,1-2H3,(H,38,43)/b26-14+. The van der Waals surface area contributed by atoms with Crippen LogP contribution in [0.2, 0.25) is 0 Å². The number of ether oxygens (including phenoxy) is 1. The molecule has 1 fully saturated rings. The van der Waals surface area contributed by atoms with Crippen LogP contribution in [-0.4, -0.2) is 42.1 Å². The first-order chi connectivity index (χ1) is 21.4. The molecule has 5 aromatic rings. The summed E-state index contributed by atoms with van der Waals surface area (Å²) in [5.41, 5.74) is 2.95. The lowest BCUT2D eigenvalue weighted by Gasteiger charge is -2.27. The number of anilines is 1. The van der Waals surface area contributed by atoms with Crippen molar-refractivity contribution in [2.75, 3.05) is 32.0 Å². The van der Waals surface area contributed by atoms with Crippen LogP contribution in [0.25, 0.3) is 27.4 Å². The molecule has 1 aromatic heterocycles. The van der Waals surface area contributed by atoms with E-state index >= 15 is 4.39 Å². The molecule has 1 unspecified atom stereocenters. The van der Waals surface area contributed by atoms with Gasteiger partial charge >= 0.3 is 0 Å². The topological polar surface area (TPSA) is 75.6 Å². The lowest BCUT2D eigenvalue weighted by Crippen LogP contribution is -2.31. The van der Waals surface area contributed by atoms with Gasteiger partial charge in [0.15, 0.2) is 17.3 Å². The first-order valence-electron chi connectivity index (χ1n) is 15.0. The molecule has 1 saturated heterocycles. The molecule has 0 saturated carbocycles. The van der Waals surface area contributed by atoms with Gasteiger partial charge in [0.25, 0.3) is 5.91 Å². The van der Waals surface area contributed by atoms with Crippen molar-refractivity contribution >= 4 is 33.3 Å². The van der Waals surface area contributed by atoms with Gasteiger partial charge in [-0.05, 0) is 59.4 Å². The minimum Gasteiger partial charge on any atom is -0.451 e. The molecule has 1 amide bonds. The summed E-state index contributed by atoms with van der Waals surface area (Å²) in [6, 6.07) is 23.0. The van der Waals surface area contributed by atoms with Crippen molar-refractivity contribution in [2.45, 2.75) is 25.7 Å². The zero-order valence-electron chi connectivity index (χ0n) is 24.7. The minimum atomic E-state index is -0.618. The number of rotatable bonds is 7. The number of aromatic nitrogens is 1. The largest absolute Gasteiger partial charge is 0.451 e. The van der Waals surface area contributed by atoms with Crippen molar-refractivity contribution in [3.05, 3.63) is 118 Å². The highest BCUT2D eigenvalue weighted by atomic mass is 19.1. The highest BCUT2D eigenvalue weighted by Crippen LogP contribution is 2.46. The maximum Gasteiger partial charge on any atom is 0.257 e. The number of allylic oxidation sites excluding steroid dienone is 1. The maximum atomic E-state index is 15.9. The summed E-state index contributed by atoms with van der Waals surface area (Å²) in [6.45, 7) is 3.79. The van der Waals surface area contributed by atoms with Crippen LogP contribution in [0.4, 0.5) is 10.1 Å². The van der Waals surface area contributed by atoms with Crippen molar-refractivity contribution in [3.63, 3.8) is 0 Å². The summed E-state index contributed by atoms with van der Waals surface area (Å²) < 4.78 is 24.1. The van der Waals surface area contributed by atoms with E-state index in [1.165, 1.54) is 11.8 Å². The first-order valence-corrected chi connectivity index (χ1v) is 15.0. The van der Waals surface area contributed by atoms with Gasteiger partial charge in [-0.2, -0.15) is 0 Å². The predicted octanol–water partition coefficient (Wildman–Crippen LogP) is 6.94. The fourth-order valence-corrected chi connectivity index (χ4v) is 6.23. The Balaban J connectivity index is 1.34. The monoisotopic (exact) mass is 588 g/mol. The van der Waals surface area contributed by atoms with Gasteiger partial charge in [0, 0.05) is 38.6 Å². The maximum absolute atomic E-state index is 15.9. The SMILES string of the molecule is CC(CNc1c(F)cc2c(=O)c(C(=O)NC/C=C3\CCCN3C)cn3c2c1Oc1cc2ccccc2cc1-3)c1ccccc1. The molecule has 7 rings (SSSR count). The summed E-state index contributed by atoms with van der Waals surface area (Å²) >= 11 is 0. The number of carbonyl (C=O) groups excluding carboxylic acids is 1. The van der Waals surface area contributed by atoms with Gasteiger partial charge in [-0.25, -0.2) is 4.39 Å². The third-order valence-electron chi connectivity index (χ3n) is 8.71. The number of nitrogens with zero attached hydrogens (tertiary/aromatic N) is 2. The van der Waals surface area contributed by atoms with Crippen molar-refractivity contribution in [1.82, 2.24) is 14.8 Å². The van der Waals surface area contributed by atoms with Crippen molar-refractivity contribution in [1.29, 1.82) is 0 Å². The summed E-state index contributed by atoms with van der Waals surface area (Å²) in [4.78, 5) is 29.4. The van der Waals surface area contributed by atoms with Gasteiger partial charge in [0.1, 0.15) is 16.8 Å². The molecule has 0 bridgehead atoms. The molecule has 2 aliphatic heterocycles. The second-order valence-corrected chi connectivity index (χ2v) is 11.6. The Labute approximate surface area is 254 Å². The van der Waals surface area contributed by atoms with Gasteiger partial charge in [0.05, 0.1) is 11.1 Å². The van der Waals surface area contributed by atoms with Crippen molar-refractivity contribution in [2.24, 2.45) is 0 Å². The molecule has 4 aromatic carbocycles. The number of amides is 1. The van der Waals surface area contributed by atoms with Gasteiger partial charge in [-0.3, -0.25) is 9.59 Å². The molecule has 7 nitrogen and oxygen atoms in total. The summed E-state index contributed by atoms with van der Waals surface area (Å²) in [6.07, 6.45) is 5.58. The highest BCUT2D eigenvalue weighted by Gasteiger charge is 2.29. The number of fused-ring (bicyclic) bond motifs is 3. The summed E-state index contributed by atoms with van der Waals surface area (Å²) in [7, 11) is 2.03. The Morgan fingerprint density at radius 2 is 1.82 bits per heavy atom. The lowest BCUT2D eigenvalue weighted by molar-refractivity contribution is 0.0956. The van der Waals surface area contributed by atoms with E-state index < -0.39 is 17.2 Å². The fourth-order valence-electron chi connectivity index (χ4n) is 6.23. The first kappa shape index (κ1) is 27.7. The van der Waals surface area contributed by atoms with E-state index in [1.807, 2.05) is 79.9 Å². The average Bonchev–Trinajstić information content (AvgIpc) is 3.45. The van der Waals surface area contributed by atoms with Gasteiger partial charge in [-0.15, -0.1) is 0 Å². The molecule has 8 heteroatoms. The Morgan fingerprint density at radius 3 is 2.57 bits per heavy atom. The number of likely N-dealkylation sites (tertiary alicyclic amines) is 1. The van der Waals surface area contributed by atoms with E-state index in [9.17, 15) is 9.59 Å². The number of benzene rings is 4. The van der Waals surface area contributed by atoms with Crippen LogP contribution < -0.4 is 20.8 Å². The van der Waals surface area contributed by atoms with Crippen LogP contribution in [0.5, 0.6) is 11.5 Å². The van der Waals surface area contributed by atoms with E-state index in [2.05, 4.69) is 22.5 Å². The zero-order chi connectivity index (χ0) is 30.4. The van der Waals surface area contributed by atoms with Gasteiger partial charge in [0.2, 0.25) is 5.43 Å². The van der Waals surface area contributed by atoms with Crippen LogP contribution in [0.3, 0.4) is 0 Å². The molecule has 0 aliphatic carbocycles. The molecule has 2 aliphatic rings. The van der Waals surface area contributed by atoms with Gasteiger partial charge < -0.3 is 24.8 Å². The van der Waals surface area contributed by atoms with Crippen molar-refractivity contribution in [3.8, 4) is 17.2 Å². The minimum absolute atomic E-state index is 0.0551. The molecular weight excluding hydrogens is 555 g/mol. The Bertz CT molecular complexity index is 2020. The Hall–Kier alpha value is -5.11. The number of nitrogens with one attached hydrogen (secondary N) is 2. The molecule has 0 radical (unpaired) electrons. The highest BCUT2D eigenvalue weighted by molar-refractivity contribution is 6.02. The lowest BCUT2D eigenvalue weighted by atomic mass is 10.0. The van der Waals surface area contributed by atoms with Gasteiger partial charge in [-0.1, -0.05) is 61.5 Å². The van der Waals surface area contributed by atoms with Crippen LogP contribution in [0.15, 0.2) is 95.6 Å². The predicted molar refractivity (Wildman–Crippen MR) is 173 cm³/mol. The molecule has 1 atom stereocenters. The molecule has 2 N–H and O–H groups in total. The molecule has 222 valence electrons. The number of pyridine rings is 1. The number of halogens is 1. The van der Waals surface area contributed by atoms with E-state index in [0.717, 1.165) is 35.7 Å². The second kappa shape index (κ2) is 11.2. The summed E-state index contributed by atoms with van der Waals surface area (Å²) in [5.74, 6) is -0.307. The molecule has 44 heavy (non-hydrogen) atoms. The van der Waals surface area contributed by atoms with Crippen LogP contribution in [0, 0.1) is 5.82 Å². The zero-order valence-corrected chi connectivity index (χ0v) is 24.7. The van der Waals surface area contributed by atoms with E-state index in [4.69, 9.17) is 4.74 Å². The summed E-state index contributed by atoms with van der Waals surface area (Å²) in [5, 5.41) is 8.15. The molecule has 3 heterocycles. The van der Waals surface area contributed by atoms with Crippen LogP contribution in [0.1, 0.15) is 41.6 Å². The van der Waals surface area contributed by atoms with E-state index in [1.54, 1.807) is 10.8 Å².